The van der Waals surface area contributed by atoms with Gasteiger partial charge in [-0.1, -0.05) is 18.2 Å². The van der Waals surface area contributed by atoms with Crippen molar-refractivity contribution in [1.29, 1.82) is 5.26 Å². The maximum Gasteiger partial charge on any atom is 0.0781 e. The predicted octanol–water partition coefficient (Wildman–Crippen LogP) is 3.52. The van der Waals surface area contributed by atoms with E-state index >= 15 is 0 Å². The Bertz CT molecular complexity index is 707. The van der Waals surface area contributed by atoms with Gasteiger partial charge >= 0.3 is 0 Å². The molecule has 0 bridgehead atoms. The standard InChI is InChI=1S/C13H8N2S/c14-7-5-10-13-9-3-1-2-4-11(9)16-12(13)6-8-15-10/h1-4,6,8H,5H2. The van der Waals surface area contributed by atoms with Crippen molar-refractivity contribution in [1.82, 2.24) is 4.98 Å². The summed E-state index contributed by atoms with van der Waals surface area (Å²) in [6.07, 6.45) is 2.16. The molecule has 76 valence electrons. The lowest BCUT2D eigenvalue weighted by Crippen LogP contribution is -1.87. The van der Waals surface area contributed by atoms with E-state index in [0.717, 1.165) is 11.1 Å². The van der Waals surface area contributed by atoms with Gasteiger partial charge in [0.15, 0.2) is 0 Å². The third-order valence-electron chi connectivity index (χ3n) is 2.61. The number of pyridine rings is 1. The van der Waals surface area contributed by atoms with E-state index in [2.05, 4.69) is 23.2 Å². The second kappa shape index (κ2) is 3.58. The number of fused-ring (bicyclic) bond motifs is 3. The molecule has 0 radical (unpaired) electrons. The molecule has 0 N–H and O–H groups in total. The fraction of sp³-hybridized carbons (Fsp3) is 0.0769. The van der Waals surface area contributed by atoms with Crippen LogP contribution in [0.4, 0.5) is 0 Å². The van der Waals surface area contributed by atoms with E-state index in [0.29, 0.717) is 6.42 Å². The third kappa shape index (κ3) is 1.28. The molecule has 0 spiro atoms. The molecule has 1 aromatic carbocycles. The van der Waals surface area contributed by atoms with Crippen LogP contribution in [-0.4, -0.2) is 4.98 Å². The molecule has 2 heterocycles. The molecule has 3 heteroatoms. The third-order valence-corrected chi connectivity index (χ3v) is 3.75. The molecule has 0 aliphatic carbocycles. The Kier molecular flexibility index (Phi) is 2.09. The van der Waals surface area contributed by atoms with Gasteiger partial charge in [-0.05, 0) is 12.1 Å². The van der Waals surface area contributed by atoms with Crippen LogP contribution in [0, 0.1) is 11.3 Å². The summed E-state index contributed by atoms with van der Waals surface area (Å²) in [5.74, 6) is 0. The molecule has 0 saturated heterocycles. The maximum atomic E-state index is 8.80. The maximum absolute atomic E-state index is 8.80. The van der Waals surface area contributed by atoms with Crippen LogP contribution in [-0.2, 0) is 6.42 Å². The van der Waals surface area contributed by atoms with Gasteiger partial charge in [0, 0.05) is 26.4 Å². The Morgan fingerprint density at radius 2 is 2.06 bits per heavy atom. The average molecular weight is 224 g/mol. The monoisotopic (exact) mass is 224 g/mol. The Morgan fingerprint density at radius 3 is 2.94 bits per heavy atom. The van der Waals surface area contributed by atoms with E-state index in [1.165, 1.54) is 14.8 Å². The molecule has 0 atom stereocenters. The molecule has 0 amide bonds. The number of nitrogens with zero attached hydrogens (tertiary/aromatic N) is 2. The molecule has 0 aliphatic heterocycles. The lowest BCUT2D eigenvalue weighted by atomic mass is 10.1. The average Bonchev–Trinajstić information content (AvgIpc) is 2.68. The van der Waals surface area contributed by atoms with Crippen molar-refractivity contribution >= 4 is 31.5 Å². The van der Waals surface area contributed by atoms with Crippen LogP contribution in [0.25, 0.3) is 20.2 Å². The Labute approximate surface area is 96.8 Å². The molecule has 0 fully saturated rings. The van der Waals surface area contributed by atoms with Gasteiger partial charge in [-0.3, -0.25) is 4.98 Å². The summed E-state index contributed by atoms with van der Waals surface area (Å²) in [4.78, 5) is 4.30. The highest BCUT2D eigenvalue weighted by molar-refractivity contribution is 7.25. The molecule has 3 rings (SSSR count). The zero-order chi connectivity index (χ0) is 11.0. The van der Waals surface area contributed by atoms with Gasteiger partial charge in [-0.2, -0.15) is 5.26 Å². The number of aromatic nitrogens is 1. The first-order valence-electron chi connectivity index (χ1n) is 5.02. The minimum atomic E-state index is 0.373. The largest absolute Gasteiger partial charge is 0.259 e. The van der Waals surface area contributed by atoms with E-state index in [9.17, 15) is 0 Å². The van der Waals surface area contributed by atoms with Gasteiger partial charge in [0.05, 0.1) is 18.2 Å². The van der Waals surface area contributed by atoms with Gasteiger partial charge in [0.1, 0.15) is 0 Å². The quantitative estimate of drug-likeness (QED) is 0.634. The fourth-order valence-electron chi connectivity index (χ4n) is 1.95. The van der Waals surface area contributed by atoms with Crippen LogP contribution in [0.15, 0.2) is 36.5 Å². The van der Waals surface area contributed by atoms with E-state index in [4.69, 9.17) is 5.26 Å². The predicted molar refractivity (Wildman–Crippen MR) is 66.4 cm³/mol. The van der Waals surface area contributed by atoms with E-state index < -0.39 is 0 Å². The summed E-state index contributed by atoms with van der Waals surface area (Å²) >= 11 is 1.75. The zero-order valence-corrected chi connectivity index (χ0v) is 9.29. The van der Waals surface area contributed by atoms with E-state index in [-0.39, 0.29) is 0 Å². The summed E-state index contributed by atoms with van der Waals surface area (Å²) in [6, 6.07) is 12.5. The second-order valence-corrected chi connectivity index (χ2v) is 4.65. The highest BCUT2D eigenvalue weighted by Gasteiger charge is 2.08. The first-order chi connectivity index (χ1) is 7.90. The summed E-state index contributed by atoms with van der Waals surface area (Å²) < 4.78 is 2.46. The minimum absolute atomic E-state index is 0.373. The van der Waals surface area contributed by atoms with Crippen molar-refractivity contribution in [2.45, 2.75) is 6.42 Å². The number of nitriles is 1. The molecule has 0 aliphatic rings. The number of hydrogen-bond acceptors (Lipinski definition) is 3. The Balaban J connectivity index is 2.48. The number of hydrogen-bond donors (Lipinski definition) is 0. The van der Waals surface area contributed by atoms with Crippen LogP contribution < -0.4 is 0 Å². The van der Waals surface area contributed by atoms with Gasteiger partial charge in [-0.25, -0.2) is 0 Å². The van der Waals surface area contributed by atoms with Gasteiger partial charge in [-0.15, -0.1) is 11.3 Å². The van der Waals surface area contributed by atoms with Gasteiger partial charge < -0.3 is 0 Å². The lowest BCUT2D eigenvalue weighted by Gasteiger charge is -1.97. The number of thiophene rings is 1. The molecule has 16 heavy (non-hydrogen) atoms. The van der Waals surface area contributed by atoms with Crippen LogP contribution in [0.3, 0.4) is 0 Å². The van der Waals surface area contributed by atoms with Crippen LogP contribution >= 0.6 is 11.3 Å². The summed E-state index contributed by atoms with van der Waals surface area (Å²) in [6.45, 7) is 0. The highest BCUT2D eigenvalue weighted by atomic mass is 32.1. The molecular formula is C13H8N2S. The molecule has 2 aromatic heterocycles. The molecule has 3 aromatic rings. The van der Waals surface area contributed by atoms with Crippen molar-refractivity contribution in [3.05, 3.63) is 42.2 Å². The van der Waals surface area contributed by atoms with Crippen molar-refractivity contribution in [2.24, 2.45) is 0 Å². The van der Waals surface area contributed by atoms with E-state index in [1.54, 1.807) is 17.5 Å². The van der Waals surface area contributed by atoms with Crippen molar-refractivity contribution in [2.75, 3.05) is 0 Å². The molecular weight excluding hydrogens is 216 g/mol. The normalized spacial score (nSPS) is 10.7. The van der Waals surface area contributed by atoms with Crippen molar-refractivity contribution in [3.63, 3.8) is 0 Å². The smallest absolute Gasteiger partial charge is 0.0781 e. The van der Waals surface area contributed by atoms with Gasteiger partial charge in [0.25, 0.3) is 0 Å². The van der Waals surface area contributed by atoms with Gasteiger partial charge in [0.2, 0.25) is 0 Å². The lowest BCUT2D eigenvalue weighted by molar-refractivity contribution is 1.15. The summed E-state index contributed by atoms with van der Waals surface area (Å²) in [7, 11) is 0. The zero-order valence-electron chi connectivity index (χ0n) is 8.47. The molecule has 2 nitrogen and oxygen atoms in total. The van der Waals surface area contributed by atoms with Crippen LogP contribution in [0.2, 0.25) is 0 Å². The van der Waals surface area contributed by atoms with Crippen LogP contribution in [0.1, 0.15) is 5.69 Å². The van der Waals surface area contributed by atoms with Crippen molar-refractivity contribution < 1.29 is 0 Å². The number of benzene rings is 1. The van der Waals surface area contributed by atoms with Crippen LogP contribution in [0.5, 0.6) is 0 Å². The fourth-order valence-corrected chi connectivity index (χ4v) is 3.07. The SMILES string of the molecule is N#CCc1nccc2sc3ccccc3c12. The molecule has 0 unspecified atom stereocenters. The Hall–Kier alpha value is -1.92. The topological polar surface area (TPSA) is 36.7 Å². The summed E-state index contributed by atoms with van der Waals surface area (Å²) in [5, 5.41) is 11.2. The minimum Gasteiger partial charge on any atom is -0.259 e. The summed E-state index contributed by atoms with van der Waals surface area (Å²) in [5.41, 5.74) is 0.887. The Morgan fingerprint density at radius 1 is 1.19 bits per heavy atom. The molecule has 0 saturated carbocycles. The number of rotatable bonds is 1. The highest BCUT2D eigenvalue weighted by Crippen LogP contribution is 2.34. The van der Waals surface area contributed by atoms with E-state index in [1.807, 2.05) is 18.2 Å². The van der Waals surface area contributed by atoms with Crippen molar-refractivity contribution in [3.8, 4) is 6.07 Å². The second-order valence-electron chi connectivity index (χ2n) is 3.56. The first kappa shape index (κ1) is 9.32. The first-order valence-corrected chi connectivity index (χ1v) is 5.84.